The van der Waals surface area contributed by atoms with Crippen LogP contribution in [0.1, 0.15) is 43.7 Å². The monoisotopic (exact) mass is 321 g/mol. The van der Waals surface area contributed by atoms with Gasteiger partial charge in [0, 0.05) is 18.8 Å². The Hall–Kier alpha value is -2.22. The van der Waals surface area contributed by atoms with E-state index >= 15 is 0 Å². The normalized spacial score (nSPS) is 14.5. The number of ether oxygens (including phenoxy) is 1. The number of benzene rings is 2. The molecular formula is C22H27NO. The number of rotatable bonds is 7. The van der Waals surface area contributed by atoms with Crippen LogP contribution in [0.5, 0.6) is 5.75 Å². The Morgan fingerprint density at radius 2 is 1.46 bits per heavy atom. The van der Waals surface area contributed by atoms with Crippen molar-refractivity contribution in [1.29, 1.82) is 0 Å². The number of hydrogen-bond acceptors (Lipinski definition) is 2. The minimum Gasteiger partial charge on any atom is -0.494 e. The van der Waals surface area contributed by atoms with Crippen LogP contribution >= 0.6 is 0 Å². The van der Waals surface area contributed by atoms with Crippen LogP contribution in [0.4, 0.5) is 5.69 Å². The summed E-state index contributed by atoms with van der Waals surface area (Å²) >= 11 is 0. The number of hydrogen-bond donors (Lipinski definition) is 0. The second kappa shape index (κ2) is 8.58. The Kier molecular flexibility index (Phi) is 5.95. The minimum absolute atomic E-state index is 0.801. The molecule has 1 aliphatic rings. The molecule has 2 aromatic carbocycles. The van der Waals surface area contributed by atoms with Gasteiger partial charge in [-0.2, -0.15) is 0 Å². The SMILES string of the molecule is CCCCOc1ccc(C=Cc2ccc(N3CCCC3)cc2)cc1. The van der Waals surface area contributed by atoms with E-state index in [1.54, 1.807) is 0 Å². The molecule has 0 atom stereocenters. The van der Waals surface area contributed by atoms with Crippen molar-refractivity contribution in [2.45, 2.75) is 32.6 Å². The number of nitrogens with zero attached hydrogens (tertiary/aromatic N) is 1. The van der Waals surface area contributed by atoms with Crippen molar-refractivity contribution < 1.29 is 4.74 Å². The molecule has 2 heteroatoms. The Bertz CT molecular complexity index is 637. The van der Waals surface area contributed by atoms with Crippen molar-refractivity contribution in [3.63, 3.8) is 0 Å². The van der Waals surface area contributed by atoms with Crippen LogP contribution in [-0.2, 0) is 0 Å². The van der Waals surface area contributed by atoms with E-state index in [1.807, 2.05) is 12.1 Å². The van der Waals surface area contributed by atoms with Crippen molar-refractivity contribution >= 4 is 17.8 Å². The number of unbranched alkanes of at least 4 members (excludes halogenated alkanes) is 1. The highest BCUT2D eigenvalue weighted by molar-refractivity contribution is 5.70. The third-order valence-corrected chi connectivity index (χ3v) is 4.48. The molecule has 2 nitrogen and oxygen atoms in total. The second-order valence-corrected chi connectivity index (χ2v) is 6.39. The average Bonchev–Trinajstić information content (AvgIpc) is 3.16. The van der Waals surface area contributed by atoms with E-state index in [0.29, 0.717) is 0 Å². The van der Waals surface area contributed by atoms with Gasteiger partial charge in [-0.15, -0.1) is 0 Å². The smallest absolute Gasteiger partial charge is 0.119 e. The zero-order valence-electron chi connectivity index (χ0n) is 14.6. The molecule has 1 heterocycles. The van der Waals surface area contributed by atoms with Crippen molar-refractivity contribution in [3.05, 3.63) is 59.7 Å². The molecule has 0 bridgehead atoms. The summed E-state index contributed by atoms with van der Waals surface area (Å²) in [6.45, 7) is 5.37. The first-order valence-corrected chi connectivity index (χ1v) is 9.11. The zero-order chi connectivity index (χ0) is 16.6. The van der Waals surface area contributed by atoms with Gasteiger partial charge >= 0.3 is 0 Å². The highest BCUT2D eigenvalue weighted by atomic mass is 16.5. The van der Waals surface area contributed by atoms with Gasteiger partial charge in [0.05, 0.1) is 6.61 Å². The molecule has 0 amide bonds. The lowest BCUT2D eigenvalue weighted by atomic mass is 10.1. The predicted molar refractivity (Wildman–Crippen MR) is 104 cm³/mol. The van der Waals surface area contributed by atoms with Crippen molar-refractivity contribution in [2.24, 2.45) is 0 Å². The summed E-state index contributed by atoms with van der Waals surface area (Å²) in [5, 5.41) is 0. The minimum atomic E-state index is 0.801. The lowest BCUT2D eigenvalue weighted by Crippen LogP contribution is -2.17. The molecule has 0 aromatic heterocycles. The summed E-state index contributed by atoms with van der Waals surface area (Å²) in [4.78, 5) is 2.46. The Balaban J connectivity index is 1.56. The topological polar surface area (TPSA) is 12.5 Å². The molecule has 3 rings (SSSR count). The molecule has 2 aromatic rings. The Labute approximate surface area is 145 Å². The summed E-state index contributed by atoms with van der Waals surface area (Å²) in [6, 6.07) is 17.2. The summed E-state index contributed by atoms with van der Waals surface area (Å²) in [5.41, 5.74) is 3.78. The standard InChI is InChI=1S/C22H27NO/c1-2-3-18-24-22-14-10-20(11-15-22)7-6-19-8-12-21(13-9-19)23-16-4-5-17-23/h6-15H,2-5,16-18H2,1H3. The molecule has 1 saturated heterocycles. The van der Waals surface area contributed by atoms with E-state index in [-0.39, 0.29) is 0 Å². The molecule has 0 unspecified atom stereocenters. The Morgan fingerprint density at radius 1 is 0.875 bits per heavy atom. The molecule has 1 aliphatic heterocycles. The lowest BCUT2D eigenvalue weighted by molar-refractivity contribution is 0.309. The van der Waals surface area contributed by atoms with E-state index in [9.17, 15) is 0 Å². The Morgan fingerprint density at radius 3 is 2.04 bits per heavy atom. The molecular weight excluding hydrogens is 294 g/mol. The van der Waals surface area contributed by atoms with Gasteiger partial charge in [-0.25, -0.2) is 0 Å². The zero-order valence-corrected chi connectivity index (χ0v) is 14.6. The maximum atomic E-state index is 5.70. The van der Waals surface area contributed by atoms with E-state index in [1.165, 1.54) is 42.7 Å². The van der Waals surface area contributed by atoms with Gasteiger partial charge in [-0.1, -0.05) is 49.8 Å². The van der Waals surface area contributed by atoms with Crippen LogP contribution in [-0.4, -0.2) is 19.7 Å². The van der Waals surface area contributed by atoms with Gasteiger partial charge < -0.3 is 9.64 Å². The molecule has 0 radical (unpaired) electrons. The first-order valence-electron chi connectivity index (χ1n) is 9.11. The summed E-state index contributed by atoms with van der Waals surface area (Å²) in [5.74, 6) is 0.954. The molecule has 0 spiro atoms. The molecule has 0 N–H and O–H groups in total. The third kappa shape index (κ3) is 4.64. The van der Waals surface area contributed by atoms with Gasteiger partial charge in [0.1, 0.15) is 5.75 Å². The van der Waals surface area contributed by atoms with Crippen LogP contribution in [0.15, 0.2) is 48.5 Å². The summed E-state index contributed by atoms with van der Waals surface area (Å²) in [7, 11) is 0. The fourth-order valence-corrected chi connectivity index (χ4v) is 2.97. The second-order valence-electron chi connectivity index (χ2n) is 6.39. The fourth-order valence-electron chi connectivity index (χ4n) is 2.97. The van der Waals surface area contributed by atoms with Gasteiger partial charge in [-0.3, -0.25) is 0 Å². The van der Waals surface area contributed by atoms with Gasteiger partial charge in [0.15, 0.2) is 0 Å². The first kappa shape index (κ1) is 16.6. The van der Waals surface area contributed by atoms with Crippen LogP contribution in [0.25, 0.3) is 12.2 Å². The molecule has 126 valence electrons. The fraction of sp³-hybridized carbons (Fsp3) is 0.364. The molecule has 0 aliphatic carbocycles. The van der Waals surface area contributed by atoms with Gasteiger partial charge in [-0.05, 0) is 54.7 Å². The van der Waals surface area contributed by atoms with Crippen LogP contribution in [0.2, 0.25) is 0 Å². The summed E-state index contributed by atoms with van der Waals surface area (Å²) in [6.07, 6.45) is 9.23. The molecule has 1 fully saturated rings. The number of anilines is 1. The first-order chi connectivity index (χ1) is 11.8. The predicted octanol–water partition coefficient (Wildman–Crippen LogP) is 5.64. The van der Waals surface area contributed by atoms with Crippen molar-refractivity contribution in [2.75, 3.05) is 24.6 Å². The maximum Gasteiger partial charge on any atom is 0.119 e. The largest absolute Gasteiger partial charge is 0.494 e. The van der Waals surface area contributed by atoms with E-state index < -0.39 is 0 Å². The van der Waals surface area contributed by atoms with Crippen molar-refractivity contribution in [3.8, 4) is 5.75 Å². The van der Waals surface area contributed by atoms with E-state index in [2.05, 4.69) is 60.4 Å². The van der Waals surface area contributed by atoms with E-state index in [4.69, 9.17) is 4.74 Å². The summed E-state index contributed by atoms with van der Waals surface area (Å²) < 4.78 is 5.70. The van der Waals surface area contributed by atoms with Crippen molar-refractivity contribution in [1.82, 2.24) is 0 Å². The van der Waals surface area contributed by atoms with E-state index in [0.717, 1.165) is 25.2 Å². The van der Waals surface area contributed by atoms with Crippen LogP contribution in [0, 0.1) is 0 Å². The highest BCUT2D eigenvalue weighted by Crippen LogP contribution is 2.21. The molecule has 24 heavy (non-hydrogen) atoms. The highest BCUT2D eigenvalue weighted by Gasteiger charge is 2.11. The quantitative estimate of drug-likeness (QED) is 0.483. The van der Waals surface area contributed by atoms with Gasteiger partial charge in [0.2, 0.25) is 0 Å². The van der Waals surface area contributed by atoms with Gasteiger partial charge in [0.25, 0.3) is 0 Å². The van der Waals surface area contributed by atoms with Crippen LogP contribution in [0.3, 0.4) is 0 Å². The average molecular weight is 321 g/mol. The molecule has 0 saturated carbocycles. The van der Waals surface area contributed by atoms with Crippen LogP contribution < -0.4 is 9.64 Å². The third-order valence-electron chi connectivity index (χ3n) is 4.48. The maximum absolute atomic E-state index is 5.70. The lowest BCUT2D eigenvalue weighted by Gasteiger charge is -2.17.